The molecule has 4 rings (SSSR count). The van der Waals surface area contributed by atoms with E-state index in [1.165, 1.54) is 0 Å². The summed E-state index contributed by atoms with van der Waals surface area (Å²) in [4.78, 5) is 10.4. The zero-order valence-electron chi connectivity index (χ0n) is 18.7. The molecule has 186 valence electrons. The Bertz CT molecular complexity index is 1200. The molecule has 2 aromatic carbocycles. The quantitative estimate of drug-likeness (QED) is 0.341. The Balaban J connectivity index is 1.64. The molecule has 0 aliphatic heterocycles. The van der Waals surface area contributed by atoms with E-state index < -0.39 is 52.8 Å². The van der Waals surface area contributed by atoms with Gasteiger partial charge in [-0.2, -0.15) is 17.5 Å². The van der Waals surface area contributed by atoms with Crippen LogP contribution >= 0.6 is 11.5 Å². The third-order valence-electron chi connectivity index (χ3n) is 6.32. The van der Waals surface area contributed by atoms with E-state index in [-0.39, 0.29) is 28.4 Å². The lowest BCUT2D eigenvalue weighted by Gasteiger charge is -2.18. The number of halogens is 5. The van der Waals surface area contributed by atoms with Gasteiger partial charge < -0.3 is 9.84 Å². The van der Waals surface area contributed by atoms with Crippen LogP contribution in [0, 0.1) is 17.6 Å². The lowest BCUT2D eigenvalue weighted by molar-refractivity contribution is -0.142. The fourth-order valence-corrected chi connectivity index (χ4v) is 5.29. The number of aryl methyl sites for hydroxylation is 1. The van der Waals surface area contributed by atoms with Crippen LogP contribution in [-0.2, 0) is 24.0 Å². The van der Waals surface area contributed by atoms with E-state index in [9.17, 15) is 31.9 Å². The predicted octanol–water partition coefficient (Wildman–Crippen LogP) is 7.22. The molecule has 1 heterocycles. The van der Waals surface area contributed by atoms with Crippen LogP contribution in [0.3, 0.4) is 0 Å². The number of nitrogens with zero attached hydrogens (tertiary/aromatic N) is 1. The zero-order chi connectivity index (χ0) is 25.3. The van der Waals surface area contributed by atoms with Gasteiger partial charge in [-0.15, -0.1) is 0 Å². The van der Waals surface area contributed by atoms with Crippen LogP contribution < -0.4 is 4.74 Å². The van der Waals surface area contributed by atoms with Crippen molar-refractivity contribution in [1.82, 2.24) is 4.37 Å². The molecule has 1 aliphatic carbocycles. The van der Waals surface area contributed by atoms with Gasteiger partial charge >= 0.3 is 12.1 Å². The Morgan fingerprint density at radius 3 is 2.37 bits per heavy atom. The summed E-state index contributed by atoms with van der Waals surface area (Å²) in [6, 6.07) is 8.86. The Morgan fingerprint density at radius 2 is 1.80 bits per heavy atom. The first-order valence-corrected chi connectivity index (χ1v) is 11.9. The van der Waals surface area contributed by atoms with E-state index in [0.29, 0.717) is 24.8 Å². The van der Waals surface area contributed by atoms with Crippen molar-refractivity contribution < 1.29 is 36.6 Å². The topological polar surface area (TPSA) is 59.4 Å². The predicted molar refractivity (Wildman–Crippen MR) is 120 cm³/mol. The summed E-state index contributed by atoms with van der Waals surface area (Å²) in [5, 5.41) is 9.36. The summed E-state index contributed by atoms with van der Waals surface area (Å²) in [5.41, 5.74) is 1.36. The Hall–Kier alpha value is -3.01. The normalized spacial score (nSPS) is 18.1. The number of carbonyl (C=O) groups is 1. The monoisotopic (exact) mass is 511 g/mol. The molecule has 0 amide bonds. The van der Waals surface area contributed by atoms with E-state index in [1.54, 1.807) is 24.3 Å². The van der Waals surface area contributed by atoms with Crippen molar-refractivity contribution in [2.75, 3.05) is 0 Å². The molecule has 2 atom stereocenters. The maximum absolute atomic E-state index is 14.8. The summed E-state index contributed by atoms with van der Waals surface area (Å²) in [7, 11) is 0. The van der Waals surface area contributed by atoms with Crippen LogP contribution in [-0.4, -0.2) is 15.4 Å². The molecule has 0 bridgehead atoms. The van der Waals surface area contributed by atoms with Crippen molar-refractivity contribution in [1.29, 1.82) is 0 Å². The van der Waals surface area contributed by atoms with Crippen LogP contribution in [0.2, 0.25) is 0 Å². The highest BCUT2D eigenvalue weighted by atomic mass is 32.1. The first kappa shape index (κ1) is 25.1. The molecule has 4 nitrogen and oxygen atoms in total. The number of carboxylic acids is 1. The summed E-state index contributed by atoms with van der Waals surface area (Å²) < 4.78 is 79.7. The first-order valence-electron chi connectivity index (χ1n) is 11.1. The Kier molecular flexibility index (Phi) is 7.12. The van der Waals surface area contributed by atoms with Gasteiger partial charge in [0, 0.05) is 11.1 Å². The highest BCUT2D eigenvalue weighted by Gasteiger charge is 2.38. The third kappa shape index (κ3) is 5.17. The minimum atomic E-state index is -4.72. The zero-order valence-corrected chi connectivity index (χ0v) is 19.5. The lowest BCUT2D eigenvalue weighted by atomic mass is 9.89. The summed E-state index contributed by atoms with van der Waals surface area (Å²) in [5.74, 6) is -5.32. The molecule has 0 radical (unpaired) electrons. The molecular weight excluding hydrogens is 489 g/mol. The van der Waals surface area contributed by atoms with Gasteiger partial charge in [0.1, 0.15) is 11.5 Å². The Morgan fingerprint density at radius 1 is 1.14 bits per heavy atom. The van der Waals surface area contributed by atoms with E-state index in [4.69, 9.17) is 4.74 Å². The molecule has 1 aliphatic rings. The SMILES string of the molecule is CCc1ccc(-c2nsc(C(F)(F)F)c2COc2c(F)cc(C3CCCC3C(=O)O)cc2F)cc1. The Labute approximate surface area is 202 Å². The standard InChI is InChI=1S/C25H22F5NO3S/c1-2-13-6-8-14(9-7-13)21-18(23(35-31-21)25(28,29)30)12-34-22-19(26)10-15(11-20(22)27)16-4-3-5-17(16)24(32)33/h6-11,16-17H,2-5,12H2,1H3,(H,32,33). The van der Waals surface area contributed by atoms with Gasteiger partial charge in [-0.25, -0.2) is 8.78 Å². The second-order valence-corrected chi connectivity index (χ2v) is 9.24. The molecule has 0 saturated heterocycles. The molecule has 2 unspecified atom stereocenters. The van der Waals surface area contributed by atoms with Crippen LogP contribution in [0.15, 0.2) is 36.4 Å². The molecule has 10 heteroatoms. The number of hydrogen-bond acceptors (Lipinski definition) is 4. The van der Waals surface area contributed by atoms with Gasteiger partial charge in [-0.05, 0) is 60.0 Å². The molecule has 1 saturated carbocycles. The number of aliphatic carboxylic acids is 1. The number of aromatic nitrogens is 1. The van der Waals surface area contributed by atoms with E-state index in [0.717, 1.165) is 24.1 Å². The molecule has 1 N–H and O–H groups in total. The molecule has 0 spiro atoms. The van der Waals surface area contributed by atoms with Crippen molar-refractivity contribution in [3.63, 3.8) is 0 Å². The van der Waals surface area contributed by atoms with Gasteiger partial charge in [-0.1, -0.05) is 37.6 Å². The highest BCUT2D eigenvalue weighted by Crippen LogP contribution is 2.43. The maximum Gasteiger partial charge on any atom is 0.427 e. The van der Waals surface area contributed by atoms with E-state index in [2.05, 4.69) is 4.37 Å². The summed E-state index contributed by atoms with van der Waals surface area (Å²) in [6.45, 7) is 1.20. The largest absolute Gasteiger partial charge is 0.483 e. The number of carboxylic acid groups (broad SMARTS) is 1. The van der Waals surface area contributed by atoms with Crippen molar-refractivity contribution >= 4 is 17.5 Å². The molecule has 1 aromatic heterocycles. The average Bonchev–Trinajstić information content (AvgIpc) is 3.46. The third-order valence-corrected chi connectivity index (χ3v) is 7.26. The van der Waals surface area contributed by atoms with Crippen molar-refractivity contribution in [3.05, 3.63) is 69.6 Å². The average molecular weight is 512 g/mol. The van der Waals surface area contributed by atoms with E-state index in [1.807, 2.05) is 6.92 Å². The van der Waals surface area contributed by atoms with Gasteiger partial charge in [0.25, 0.3) is 0 Å². The fourth-order valence-electron chi connectivity index (χ4n) is 4.52. The minimum Gasteiger partial charge on any atom is -0.483 e. The van der Waals surface area contributed by atoms with Crippen LogP contribution in [0.25, 0.3) is 11.3 Å². The molecule has 3 aromatic rings. The van der Waals surface area contributed by atoms with Gasteiger partial charge in [-0.3, -0.25) is 4.79 Å². The molecular formula is C25H22F5NO3S. The summed E-state index contributed by atoms with van der Waals surface area (Å²) in [6.07, 6.45) is -2.45. The number of benzene rings is 2. The van der Waals surface area contributed by atoms with Crippen molar-refractivity contribution in [2.24, 2.45) is 5.92 Å². The second kappa shape index (κ2) is 9.93. The van der Waals surface area contributed by atoms with Crippen molar-refractivity contribution in [3.8, 4) is 17.0 Å². The van der Waals surface area contributed by atoms with E-state index >= 15 is 0 Å². The highest BCUT2D eigenvalue weighted by molar-refractivity contribution is 7.06. The number of hydrogen-bond donors (Lipinski definition) is 1. The van der Waals surface area contributed by atoms with Crippen molar-refractivity contribution in [2.45, 2.75) is 51.3 Å². The lowest BCUT2D eigenvalue weighted by Crippen LogP contribution is -2.17. The fraction of sp³-hybridized carbons (Fsp3) is 0.360. The first-order chi connectivity index (χ1) is 16.6. The second-order valence-electron chi connectivity index (χ2n) is 8.47. The molecule has 35 heavy (non-hydrogen) atoms. The van der Waals surface area contributed by atoms with Gasteiger partial charge in [0.05, 0.1) is 11.6 Å². The van der Waals surface area contributed by atoms with Crippen LogP contribution in [0.1, 0.15) is 53.7 Å². The van der Waals surface area contributed by atoms with Crippen LogP contribution in [0.4, 0.5) is 22.0 Å². The maximum atomic E-state index is 14.8. The molecule has 1 fully saturated rings. The summed E-state index contributed by atoms with van der Waals surface area (Å²) >= 11 is 0.255. The van der Waals surface area contributed by atoms with Gasteiger partial charge in [0.15, 0.2) is 17.4 Å². The van der Waals surface area contributed by atoms with Crippen LogP contribution in [0.5, 0.6) is 5.75 Å². The smallest absolute Gasteiger partial charge is 0.427 e. The van der Waals surface area contributed by atoms with Gasteiger partial charge in [0.2, 0.25) is 0 Å². The minimum absolute atomic E-state index is 0.0395. The number of ether oxygens (including phenoxy) is 1. The number of rotatable bonds is 7. The number of alkyl halides is 3.